The molecule has 0 unspecified atom stereocenters. The normalized spacial score (nSPS) is 11.2. The molecule has 1 heterocycles. The van der Waals surface area contributed by atoms with Crippen molar-refractivity contribution in [3.63, 3.8) is 0 Å². The monoisotopic (exact) mass is 250 g/mol. The van der Waals surface area contributed by atoms with E-state index in [1.165, 1.54) is 18.4 Å². The molecule has 102 valence electrons. The van der Waals surface area contributed by atoms with Crippen LogP contribution in [-0.2, 0) is 17.9 Å². The van der Waals surface area contributed by atoms with Crippen molar-refractivity contribution in [2.45, 2.75) is 46.8 Å². The summed E-state index contributed by atoms with van der Waals surface area (Å²) in [6.07, 6.45) is 2.38. The van der Waals surface area contributed by atoms with Gasteiger partial charge in [0.25, 0.3) is 0 Å². The smallest absolute Gasteiger partial charge is 0.0714 e. The number of aromatic nitrogens is 1. The van der Waals surface area contributed by atoms with E-state index in [4.69, 9.17) is 4.74 Å². The number of pyridine rings is 1. The van der Waals surface area contributed by atoms with Gasteiger partial charge >= 0.3 is 0 Å². The van der Waals surface area contributed by atoms with E-state index in [2.05, 4.69) is 35.9 Å². The topological polar surface area (TPSA) is 25.4 Å². The molecule has 0 fully saturated rings. The summed E-state index contributed by atoms with van der Waals surface area (Å²) in [6, 6.07) is 4.26. The molecule has 18 heavy (non-hydrogen) atoms. The SMILES string of the molecule is CCCN(CCC)Cc1cc(COC)cc(C)n1. The Morgan fingerprint density at radius 2 is 1.83 bits per heavy atom. The van der Waals surface area contributed by atoms with Crippen LogP contribution in [0.5, 0.6) is 0 Å². The average molecular weight is 250 g/mol. The van der Waals surface area contributed by atoms with E-state index < -0.39 is 0 Å². The molecule has 3 nitrogen and oxygen atoms in total. The molecule has 0 aliphatic rings. The summed E-state index contributed by atoms with van der Waals surface area (Å²) in [7, 11) is 1.73. The van der Waals surface area contributed by atoms with E-state index in [0.717, 1.165) is 31.0 Å². The van der Waals surface area contributed by atoms with Crippen molar-refractivity contribution >= 4 is 0 Å². The number of ether oxygens (including phenoxy) is 1. The molecule has 0 amide bonds. The van der Waals surface area contributed by atoms with Gasteiger partial charge in [0.1, 0.15) is 0 Å². The molecule has 3 heteroatoms. The second-order valence-corrected chi connectivity index (χ2v) is 4.82. The number of aryl methyl sites for hydroxylation is 1. The second kappa shape index (κ2) is 8.22. The number of methoxy groups -OCH3 is 1. The van der Waals surface area contributed by atoms with Crippen LogP contribution in [0.3, 0.4) is 0 Å². The summed E-state index contributed by atoms with van der Waals surface area (Å²) in [5.74, 6) is 0. The van der Waals surface area contributed by atoms with Crippen LogP contribution in [0.1, 0.15) is 43.6 Å². The Morgan fingerprint density at radius 1 is 1.17 bits per heavy atom. The van der Waals surface area contributed by atoms with E-state index in [1.807, 2.05) is 6.92 Å². The van der Waals surface area contributed by atoms with Crippen LogP contribution in [0.2, 0.25) is 0 Å². The second-order valence-electron chi connectivity index (χ2n) is 4.82. The maximum Gasteiger partial charge on any atom is 0.0714 e. The molecule has 0 aliphatic carbocycles. The predicted molar refractivity (Wildman–Crippen MR) is 75.5 cm³/mol. The van der Waals surface area contributed by atoms with Crippen LogP contribution in [0.4, 0.5) is 0 Å². The molecule has 0 spiro atoms. The van der Waals surface area contributed by atoms with Gasteiger partial charge < -0.3 is 4.74 Å². The van der Waals surface area contributed by atoms with Crippen molar-refractivity contribution in [3.05, 3.63) is 29.1 Å². The van der Waals surface area contributed by atoms with Crippen LogP contribution in [0.25, 0.3) is 0 Å². The minimum atomic E-state index is 0.665. The van der Waals surface area contributed by atoms with Crippen LogP contribution in [0.15, 0.2) is 12.1 Å². The highest BCUT2D eigenvalue weighted by Crippen LogP contribution is 2.10. The Kier molecular flexibility index (Phi) is 6.91. The molecular weight excluding hydrogens is 224 g/mol. The Morgan fingerprint density at radius 3 is 2.39 bits per heavy atom. The van der Waals surface area contributed by atoms with Gasteiger partial charge in [-0.3, -0.25) is 9.88 Å². The summed E-state index contributed by atoms with van der Waals surface area (Å²) in [5.41, 5.74) is 3.45. The molecule has 0 radical (unpaired) electrons. The third kappa shape index (κ3) is 5.15. The number of nitrogens with zero attached hydrogens (tertiary/aromatic N) is 2. The molecule has 1 aromatic heterocycles. The largest absolute Gasteiger partial charge is 0.380 e. The van der Waals surface area contributed by atoms with Crippen LogP contribution in [0, 0.1) is 6.92 Å². The third-order valence-corrected chi connectivity index (χ3v) is 2.84. The number of hydrogen-bond donors (Lipinski definition) is 0. The van der Waals surface area contributed by atoms with Gasteiger partial charge in [-0.15, -0.1) is 0 Å². The van der Waals surface area contributed by atoms with Gasteiger partial charge in [-0.05, 0) is 50.6 Å². The van der Waals surface area contributed by atoms with Crippen LogP contribution < -0.4 is 0 Å². The predicted octanol–water partition coefficient (Wildman–Crippen LogP) is 3.16. The molecule has 0 atom stereocenters. The quantitative estimate of drug-likeness (QED) is 0.708. The van der Waals surface area contributed by atoms with Gasteiger partial charge in [-0.25, -0.2) is 0 Å². The van der Waals surface area contributed by atoms with Crippen molar-refractivity contribution in [1.82, 2.24) is 9.88 Å². The first-order valence-corrected chi connectivity index (χ1v) is 6.87. The minimum absolute atomic E-state index is 0.665. The summed E-state index contributed by atoms with van der Waals surface area (Å²) >= 11 is 0. The van der Waals surface area contributed by atoms with Gasteiger partial charge in [0.05, 0.1) is 12.3 Å². The molecule has 0 saturated carbocycles. The Bertz CT molecular complexity index is 346. The third-order valence-electron chi connectivity index (χ3n) is 2.84. The van der Waals surface area contributed by atoms with E-state index >= 15 is 0 Å². The Hall–Kier alpha value is -0.930. The minimum Gasteiger partial charge on any atom is -0.380 e. The highest BCUT2D eigenvalue weighted by atomic mass is 16.5. The highest BCUT2D eigenvalue weighted by Gasteiger charge is 2.06. The zero-order valence-corrected chi connectivity index (χ0v) is 12.2. The zero-order valence-electron chi connectivity index (χ0n) is 12.2. The van der Waals surface area contributed by atoms with Crippen molar-refractivity contribution in [1.29, 1.82) is 0 Å². The van der Waals surface area contributed by atoms with Gasteiger partial charge in [0, 0.05) is 19.3 Å². The summed E-state index contributed by atoms with van der Waals surface area (Å²) in [5, 5.41) is 0. The van der Waals surface area contributed by atoms with E-state index in [0.29, 0.717) is 6.61 Å². The number of hydrogen-bond acceptors (Lipinski definition) is 3. The van der Waals surface area contributed by atoms with Gasteiger partial charge in [-0.1, -0.05) is 13.8 Å². The Labute approximate surface area is 111 Å². The van der Waals surface area contributed by atoms with Crippen molar-refractivity contribution in [2.75, 3.05) is 20.2 Å². The summed E-state index contributed by atoms with van der Waals surface area (Å²) in [4.78, 5) is 7.09. The fourth-order valence-corrected chi connectivity index (χ4v) is 2.28. The maximum absolute atomic E-state index is 5.20. The number of rotatable bonds is 8. The van der Waals surface area contributed by atoms with Crippen molar-refractivity contribution in [2.24, 2.45) is 0 Å². The van der Waals surface area contributed by atoms with Crippen LogP contribution in [-0.4, -0.2) is 30.1 Å². The fraction of sp³-hybridized carbons (Fsp3) is 0.667. The van der Waals surface area contributed by atoms with E-state index in [1.54, 1.807) is 7.11 Å². The molecule has 0 bridgehead atoms. The zero-order chi connectivity index (χ0) is 13.4. The van der Waals surface area contributed by atoms with Crippen molar-refractivity contribution < 1.29 is 4.74 Å². The lowest BCUT2D eigenvalue weighted by atomic mass is 10.2. The molecular formula is C15H26N2O. The lowest BCUT2D eigenvalue weighted by Crippen LogP contribution is -2.25. The molecule has 0 aliphatic heterocycles. The summed E-state index contributed by atoms with van der Waals surface area (Å²) in [6.45, 7) is 10.4. The molecule has 0 aromatic carbocycles. The van der Waals surface area contributed by atoms with Gasteiger partial charge in [0.2, 0.25) is 0 Å². The van der Waals surface area contributed by atoms with Crippen molar-refractivity contribution in [3.8, 4) is 0 Å². The molecule has 0 saturated heterocycles. The highest BCUT2D eigenvalue weighted by molar-refractivity contribution is 5.20. The maximum atomic E-state index is 5.20. The van der Waals surface area contributed by atoms with Gasteiger partial charge in [-0.2, -0.15) is 0 Å². The average Bonchev–Trinajstić information content (AvgIpc) is 2.29. The first-order chi connectivity index (χ1) is 8.69. The Balaban J connectivity index is 2.74. The fourth-order valence-electron chi connectivity index (χ4n) is 2.28. The lowest BCUT2D eigenvalue weighted by molar-refractivity contribution is 0.184. The molecule has 1 rings (SSSR count). The molecule has 1 aromatic rings. The first kappa shape index (κ1) is 15.1. The van der Waals surface area contributed by atoms with Crippen LogP contribution >= 0.6 is 0 Å². The van der Waals surface area contributed by atoms with E-state index in [-0.39, 0.29) is 0 Å². The molecule has 0 N–H and O–H groups in total. The van der Waals surface area contributed by atoms with E-state index in [9.17, 15) is 0 Å². The lowest BCUT2D eigenvalue weighted by Gasteiger charge is -2.21. The standard InChI is InChI=1S/C15H26N2O/c1-5-7-17(8-6-2)11-15-10-14(12-18-4)9-13(3)16-15/h9-10H,5-8,11-12H2,1-4H3. The first-order valence-electron chi connectivity index (χ1n) is 6.87. The summed E-state index contributed by atoms with van der Waals surface area (Å²) < 4.78 is 5.20. The van der Waals surface area contributed by atoms with Gasteiger partial charge in [0.15, 0.2) is 0 Å².